The second-order valence-corrected chi connectivity index (χ2v) is 4.23. The monoisotopic (exact) mass is 269 g/mol. The Bertz CT molecular complexity index is 393. The molecule has 0 saturated carbocycles. The second kappa shape index (κ2) is 8.06. The van der Waals surface area contributed by atoms with Crippen LogP contribution >= 0.6 is 0 Å². The first-order valence-corrected chi connectivity index (χ1v) is 6.18. The predicted octanol–water partition coefficient (Wildman–Crippen LogP) is 0.0782. The number of aryl methyl sites for hydroxylation is 1. The van der Waals surface area contributed by atoms with Crippen molar-refractivity contribution in [3.05, 3.63) is 12.4 Å². The number of aliphatic carboxylic acids is 1. The number of amides is 2. The summed E-state index contributed by atoms with van der Waals surface area (Å²) in [6.07, 6.45) is 4.53. The van der Waals surface area contributed by atoms with Crippen molar-refractivity contribution in [2.75, 3.05) is 13.1 Å². The quantitative estimate of drug-likeness (QED) is 0.579. The van der Waals surface area contributed by atoms with Crippen LogP contribution in [0.25, 0.3) is 0 Å². The fraction of sp³-hybridized carbons (Fsp3) is 0.636. The van der Waals surface area contributed by atoms with Crippen LogP contribution in [0.5, 0.6) is 0 Å². The van der Waals surface area contributed by atoms with Crippen LogP contribution in [-0.2, 0) is 11.3 Å². The number of carbonyl (C=O) groups excluding carboxylic acids is 1. The number of aromatic nitrogens is 3. The highest BCUT2D eigenvalue weighted by molar-refractivity contribution is 5.74. The zero-order valence-electron chi connectivity index (χ0n) is 10.9. The Morgan fingerprint density at radius 3 is 2.74 bits per heavy atom. The van der Waals surface area contributed by atoms with Crippen molar-refractivity contribution < 1.29 is 14.7 Å². The number of rotatable bonds is 8. The Balaban J connectivity index is 2.00. The Kier molecular flexibility index (Phi) is 6.34. The number of hydrogen-bond acceptors (Lipinski definition) is 4. The number of carboxylic acids is 1. The van der Waals surface area contributed by atoms with E-state index in [-0.39, 0.29) is 6.03 Å². The normalized spacial score (nSPS) is 11.8. The van der Waals surface area contributed by atoms with E-state index < -0.39 is 11.9 Å². The molecule has 1 aromatic rings. The lowest BCUT2D eigenvalue weighted by Gasteiger charge is -2.09. The minimum Gasteiger partial charge on any atom is -0.481 e. The summed E-state index contributed by atoms with van der Waals surface area (Å²) in [6, 6.07) is -0.281. The Morgan fingerprint density at radius 2 is 2.11 bits per heavy atom. The number of carboxylic acid groups (broad SMARTS) is 1. The van der Waals surface area contributed by atoms with Gasteiger partial charge in [0.1, 0.15) is 0 Å². The molecule has 1 rings (SSSR count). The first-order chi connectivity index (χ1) is 9.09. The van der Waals surface area contributed by atoms with Gasteiger partial charge in [0.05, 0.1) is 12.1 Å². The molecule has 0 bridgehead atoms. The molecule has 0 aliphatic carbocycles. The summed E-state index contributed by atoms with van der Waals surface area (Å²) < 4.78 is 1.69. The molecule has 106 valence electrons. The van der Waals surface area contributed by atoms with Gasteiger partial charge in [0.15, 0.2) is 0 Å². The zero-order valence-corrected chi connectivity index (χ0v) is 10.9. The van der Waals surface area contributed by atoms with Gasteiger partial charge in [-0.1, -0.05) is 12.1 Å². The second-order valence-electron chi connectivity index (χ2n) is 4.23. The lowest BCUT2D eigenvalue weighted by molar-refractivity contribution is -0.141. The summed E-state index contributed by atoms with van der Waals surface area (Å²) in [5, 5.41) is 21.4. The fourth-order valence-electron chi connectivity index (χ4n) is 1.38. The first-order valence-electron chi connectivity index (χ1n) is 6.18. The van der Waals surface area contributed by atoms with Crippen molar-refractivity contribution in [2.45, 2.75) is 26.3 Å². The van der Waals surface area contributed by atoms with Gasteiger partial charge < -0.3 is 15.7 Å². The topological polar surface area (TPSA) is 109 Å². The molecular weight excluding hydrogens is 250 g/mol. The number of urea groups is 1. The number of nitrogens with zero attached hydrogens (tertiary/aromatic N) is 3. The average molecular weight is 269 g/mol. The maximum atomic E-state index is 11.4. The molecular formula is C11H19N5O3. The van der Waals surface area contributed by atoms with Gasteiger partial charge in [0, 0.05) is 25.8 Å². The van der Waals surface area contributed by atoms with Crippen molar-refractivity contribution in [2.24, 2.45) is 5.92 Å². The van der Waals surface area contributed by atoms with Crippen molar-refractivity contribution in [1.82, 2.24) is 25.6 Å². The van der Waals surface area contributed by atoms with Crippen LogP contribution in [0.3, 0.4) is 0 Å². The van der Waals surface area contributed by atoms with Crippen LogP contribution in [0.4, 0.5) is 4.79 Å². The predicted molar refractivity (Wildman–Crippen MR) is 67.5 cm³/mol. The van der Waals surface area contributed by atoms with Crippen LogP contribution in [0.15, 0.2) is 12.4 Å². The highest BCUT2D eigenvalue weighted by Gasteiger charge is 2.10. The molecule has 0 spiro atoms. The first kappa shape index (κ1) is 14.9. The molecule has 1 atom stereocenters. The third kappa shape index (κ3) is 6.39. The van der Waals surface area contributed by atoms with Gasteiger partial charge in [-0.3, -0.25) is 9.48 Å². The molecule has 1 heterocycles. The van der Waals surface area contributed by atoms with Crippen LogP contribution in [0.2, 0.25) is 0 Å². The Labute approximate surface area is 111 Å². The van der Waals surface area contributed by atoms with E-state index in [0.29, 0.717) is 26.1 Å². The zero-order chi connectivity index (χ0) is 14.1. The molecule has 2 amide bonds. The van der Waals surface area contributed by atoms with Crippen LogP contribution in [0, 0.1) is 5.92 Å². The van der Waals surface area contributed by atoms with Crippen LogP contribution in [-0.4, -0.2) is 45.2 Å². The minimum atomic E-state index is -0.852. The molecule has 0 radical (unpaired) electrons. The van der Waals surface area contributed by atoms with Gasteiger partial charge in [0.25, 0.3) is 0 Å². The molecule has 3 N–H and O–H groups in total. The van der Waals surface area contributed by atoms with E-state index in [1.165, 1.54) is 0 Å². The summed E-state index contributed by atoms with van der Waals surface area (Å²) in [5.41, 5.74) is 0. The fourth-order valence-corrected chi connectivity index (χ4v) is 1.38. The van der Waals surface area contributed by atoms with E-state index >= 15 is 0 Å². The van der Waals surface area contributed by atoms with Crippen molar-refractivity contribution in [3.63, 3.8) is 0 Å². The van der Waals surface area contributed by atoms with E-state index in [1.54, 1.807) is 24.0 Å². The smallest absolute Gasteiger partial charge is 0.314 e. The third-order valence-corrected chi connectivity index (χ3v) is 2.61. The van der Waals surface area contributed by atoms with Gasteiger partial charge in [-0.2, -0.15) is 0 Å². The summed E-state index contributed by atoms with van der Waals surface area (Å²) in [7, 11) is 0. The molecule has 19 heavy (non-hydrogen) atoms. The van der Waals surface area contributed by atoms with E-state index in [0.717, 1.165) is 6.42 Å². The molecule has 0 aromatic carbocycles. The van der Waals surface area contributed by atoms with Gasteiger partial charge in [-0.15, -0.1) is 5.10 Å². The summed E-state index contributed by atoms with van der Waals surface area (Å²) in [5.74, 6) is -1.30. The van der Waals surface area contributed by atoms with Crippen molar-refractivity contribution in [1.29, 1.82) is 0 Å². The number of hydrogen-bond donors (Lipinski definition) is 3. The maximum Gasteiger partial charge on any atom is 0.314 e. The molecule has 1 unspecified atom stereocenters. The van der Waals surface area contributed by atoms with Crippen molar-refractivity contribution >= 4 is 12.0 Å². The largest absolute Gasteiger partial charge is 0.481 e. The molecule has 0 fully saturated rings. The van der Waals surface area contributed by atoms with Crippen LogP contribution < -0.4 is 10.6 Å². The van der Waals surface area contributed by atoms with E-state index in [9.17, 15) is 9.59 Å². The summed E-state index contributed by atoms with van der Waals surface area (Å²) in [6.45, 7) is 3.18. The number of carbonyl (C=O) groups is 2. The average Bonchev–Trinajstić information content (AvgIpc) is 2.87. The Morgan fingerprint density at radius 1 is 1.37 bits per heavy atom. The molecule has 1 aromatic heterocycles. The standard InChI is InChI=1S/C11H19N5O3/c1-9(10(17)18)3-5-13-11(19)12-4-2-7-16-8-6-14-15-16/h6,8-9H,2-5,7H2,1H3,(H,17,18)(H2,12,13,19). The Hall–Kier alpha value is -2.12. The maximum absolute atomic E-state index is 11.4. The number of nitrogens with one attached hydrogen (secondary N) is 2. The van der Waals surface area contributed by atoms with Gasteiger partial charge in [-0.25, -0.2) is 4.79 Å². The molecule has 0 aliphatic rings. The van der Waals surface area contributed by atoms with E-state index in [4.69, 9.17) is 5.11 Å². The van der Waals surface area contributed by atoms with E-state index in [1.807, 2.05) is 0 Å². The van der Waals surface area contributed by atoms with Gasteiger partial charge in [-0.05, 0) is 12.8 Å². The highest BCUT2D eigenvalue weighted by atomic mass is 16.4. The summed E-state index contributed by atoms with van der Waals surface area (Å²) in [4.78, 5) is 21.9. The molecule has 8 nitrogen and oxygen atoms in total. The minimum absolute atomic E-state index is 0.281. The lowest BCUT2D eigenvalue weighted by Crippen LogP contribution is -2.37. The molecule has 0 aliphatic heterocycles. The summed E-state index contributed by atoms with van der Waals surface area (Å²) >= 11 is 0. The SMILES string of the molecule is CC(CCNC(=O)NCCCn1ccnn1)C(=O)O. The third-order valence-electron chi connectivity index (χ3n) is 2.61. The van der Waals surface area contributed by atoms with E-state index in [2.05, 4.69) is 20.9 Å². The van der Waals surface area contributed by atoms with Crippen LogP contribution in [0.1, 0.15) is 19.8 Å². The van der Waals surface area contributed by atoms with Crippen molar-refractivity contribution in [3.8, 4) is 0 Å². The lowest BCUT2D eigenvalue weighted by atomic mass is 10.1. The highest BCUT2D eigenvalue weighted by Crippen LogP contribution is 1.99. The molecule has 0 saturated heterocycles. The van der Waals surface area contributed by atoms with Gasteiger partial charge >= 0.3 is 12.0 Å². The molecule has 8 heteroatoms. The van der Waals surface area contributed by atoms with Gasteiger partial charge in [0.2, 0.25) is 0 Å².